The molecule has 0 aliphatic carbocycles. The number of hydrogen-bond donors (Lipinski definition) is 4. The van der Waals surface area contributed by atoms with Crippen molar-refractivity contribution >= 4 is 28.9 Å². The Balaban J connectivity index is 1.43. The van der Waals surface area contributed by atoms with Gasteiger partial charge in [-0.05, 0) is 49.9 Å². The molecule has 4 N–H and O–H groups in total. The van der Waals surface area contributed by atoms with E-state index in [0.717, 1.165) is 30.3 Å². The summed E-state index contributed by atoms with van der Waals surface area (Å²) in [5, 5.41) is 18.7. The van der Waals surface area contributed by atoms with E-state index in [4.69, 9.17) is 14.3 Å². The van der Waals surface area contributed by atoms with Crippen molar-refractivity contribution in [2.45, 2.75) is 51.2 Å². The van der Waals surface area contributed by atoms with Crippen LogP contribution in [0.15, 0.2) is 65.1 Å². The number of amides is 2. The van der Waals surface area contributed by atoms with Crippen LogP contribution in [0.25, 0.3) is 11.0 Å². The first-order valence-corrected chi connectivity index (χ1v) is 12.7. The summed E-state index contributed by atoms with van der Waals surface area (Å²) >= 11 is 0. The summed E-state index contributed by atoms with van der Waals surface area (Å²) in [6.07, 6.45) is 3.30. The Bertz CT molecular complexity index is 1100. The van der Waals surface area contributed by atoms with Gasteiger partial charge in [-0.15, -0.1) is 0 Å². The standard InChI is InChI=1S/C28H35N3O6/c32-26(33)15-5-2-8-16-29-19-23(31-27(34)25-18-22-12-6-7-14-24(22)37-25)13-9-17-30-28(35)36-20-21-10-3-1-4-11-21/h1,3-4,6-7,10-12,14,18,23,29H,2,5,8-9,13,15-17,19-20H2,(H,30,35)(H,31,34)(H,32,33)/t23-/m0/s1. The molecule has 0 fully saturated rings. The third kappa shape index (κ3) is 10.3. The molecule has 1 heterocycles. The number of fused-ring (bicyclic) bond motifs is 1. The van der Waals surface area contributed by atoms with Crippen molar-refractivity contribution < 1.29 is 28.6 Å². The number of carboxylic acids is 1. The maximum absolute atomic E-state index is 12.8. The summed E-state index contributed by atoms with van der Waals surface area (Å²) in [5.74, 6) is -0.818. The van der Waals surface area contributed by atoms with Gasteiger partial charge in [-0.2, -0.15) is 0 Å². The summed E-state index contributed by atoms with van der Waals surface area (Å²) in [6.45, 7) is 1.89. The SMILES string of the molecule is O=C(O)CCCCCNC[C@H](CCCNC(=O)OCc1ccccc1)NC(=O)c1cc2ccccc2o1. The van der Waals surface area contributed by atoms with Crippen LogP contribution in [0.1, 0.15) is 54.6 Å². The van der Waals surface area contributed by atoms with E-state index in [2.05, 4.69) is 16.0 Å². The molecule has 0 radical (unpaired) electrons. The van der Waals surface area contributed by atoms with Crippen LogP contribution in [0.5, 0.6) is 0 Å². The number of carbonyl (C=O) groups is 3. The number of unbranched alkanes of at least 4 members (excludes halogenated alkanes) is 2. The molecule has 0 spiro atoms. The van der Waals surface area contributed by atoms with Gasteiger partial charge in [-0.1, -0.05) is 55.0 Å². The van der Waals surface area contributed by atoms with E-state index in [1.54, 1.807) is 6.07 Å². The molecule has 198 valence electrons. The minimum Gasteiger partial charge on any atom is -0.481 e. The van der Waals surface area contributed by atoms with Crippen molar-refractivity contribution in [2.75, 3.05) is 19.6 Å². The fourth-order valence-electron chi connectivity index (χ4n) is 3.87. The molecule has 1 aromatic heterocycles. The van der Waals surface area contributed by atoms with Crippen LogP contribution in [0, 0.1) is 0 Å². The molecule has 2 amide bonds. The predicted octanol–water partition coefficient (Wildman–Crippen LogP) is 4.47. The molecular weight excluding hydrogens is 474 g/mol. The van der Waals surface area contributed by atoms with Crippen LogP contribution < -0.4 is 16.0 Å². The van der Waals surface area contributed by atoms with Gasteiger partial charge in [0.2, 0.25) is 0 Å². The topological polar surface area (TPSA) is 130 Å². The van der Waals surface area contributed by atoms with Crippen LogP contribution in [0.3, 0.4) is 0 Å². The highest BCUT2D eigenvalue weighted by molar-refractivity contribution is 5.96. The van der Waals surface area contributed by atoms with Gasteiger partial charge < -0.3 is 30.2 Å². The Morgan fingerprint density at radius 2 is 1.70 bits per heavy atom. The molecule has 2 aromatic carbocycles. The first-order chi connectivity index (χ1) is 18.0. The molecular formula is C28H35N3O6. The van der Waals surface area contributed by atoms with Crippen molar-refractivity contribution in [1.29, 1.82) is 0 Å². The van der Waals surface area contributed by atoms with Gasteiger partial charge in [0.25, 0.3) is 5.91 Å². The number of carbonyl (C=O) groups excluding carboxylic acids is 2. The second-order valence-corrected chi connectivity index (χ2v) is 8.86. The zero-order valence-corrected chi connectivity index (χ0v) is 20.9. The molecule has 0 saturated carbocycles. The monoisotopic (exact) mass is 509 g/mol. The minimum atomic E-state index is -0.779. The number of rotatable bonds is 16. The first-order valence-electron chi connectivity index (χ1n) is 12.7. The lowest BCUT2D eigenvalue weighted by molar-refractivity contribution is -0.137. The summed E-state index contributed by atoms with van der Waals surface area (Å²) in [7, 11) is 0. The molecule has 9 nitrogen and oxygen atoms in total. The summed E-state index contributed by atoms with van der Waals surface area (Å²) in [4.78, 5) is 35.5. The number of ether oxygens (including phenoxy) is 1. The average Bonchev–Trinajstić information content (AvgIpc) is 3.34. The van der Waals surface area contributed by atoms with Crippen molar-refractivity contribution in [3.63, 3.8) is 0 Å². The molecule has 0 unspecified atom stereocenters. The Hall–Kier alpha value is -3.85. The summed E-state index contributed by atoms with van der Waals surface area (Å²) in [6, 6.07) is 18.5. The molecule has 3 aromatic rings. The molecule has 9 heteroatoms. The lowest BCUT2D eigenvalue weighted by Gasteiger charge is -2.19. The number of para-hydroxylation sites is 1. The number of carboxylic acid groups (broad SMARTS) is 1. The van der Waals surface area contributed by atoms with Gasteiger partial charge in [0.1, 0.15) is 12.2 Å². The van der Waals surface area contributed by atoms with Gasteiger partial charge in [-0.25, -0.2) is 4.79 Å². The van der Waals surface area contributed by atoms with Crippen LogP contribution in [-0.4, -0.2) is 48.8 Å². The highest BCUT2D eigenvalue weighted by atomic mass is 16.5. The largest absolute Gasteiger partial charge is 0.481 e. The Kier molecular flexibility index (Phi) is 11.5. The fourth-order valence-corrected chi connectivity index (χ4v) is 3.87. The molecule has 3 rings (SSSR count). The summed E-state index contributed by atoms with van der Waals surface area (Å²) in [5.41, 5.74) is 1.57. The number of benzene rings is 2. The smallest absolute Gasteiger partial charge is 0.407 e. The summed E-state index contributed by atoms with van der Waals surface area (Å²) < 4.78 is 10.9. The minimum absolute atomic E-state index is 0.178. The Morgan fingerprint density at radius 1 is 0.919 bits per heavy atom. The number of alkyl carbamates (subject to hydrolysis) is 1. The maximum Gasteiger partial charge on any atom is 0.407 e. The zero-order valence-electron chi connectivity index (χ0n) is 20.9. The molecule has 1 atom stereocenters. The lowest BCUT2D eigenvalue weighted by Crippen LogP contribution is -2.42. The van der Waals surface area contributed by atoms with Crippen molar-refractivity contribution in [3.05, 3.63) is 72.0 Å². The fraction of sp³-hybridized carbons (Fsp3) is 0.393. The van der Waals surface area contributed by atoms with E-state index in [1.807, 2.05) is 54.6 Å². The van der Waals surface area contributed by atoms with E-state index < -0.39 is 12.1 Å². The van der Waals surface area contributed by atoms with Gasteiger partial charge in [-0.3, -0.25) is 9.59 Å². The third-order valence-electron chi connectivity index (χ3n) is 5.83. The van der Waals surface area contributed by atoms with Crippen LogP contribution in [0.2, 0.25) is 0 Å². The van der Waals surface area contributed by atoms with E-state index in [1.165, 1.54) is 0 Å². The molecule has 0 aliphatic rings. The van der Waals surface area contributed by atoms with Gasteiger partial charge >= 0.3 is 12.1 Å². The Labute approximate surface area is 216 Å². The second-order valence-electron chi connectivity index (χ2n) is 8.86. The van der Waals surface area contributed by atoms with Crippen LogP contribution in [0.4, 0.5) is 4.79 Å². The number of hydrogen-bond acceptors (Lipinski definition) is 6. The van der Waals surface area contributed by atoms with Crippen molar-refractivity contribution in [1.82, 2.24) is 16.0 Å². The molecule has 37 heavy (non-hydrogen) atoms. The Morgan fingerprint density at radius 3 is 2.49 bits per heavy atom. The van der Waals surface area contributed by atoms with E-state index in [0.29, 0.717) is 37.9 Å². The van der Waals surface area contributed by atoms with Crippen LogP contribution >= 0.6 is 0 Å². The van der Waals surface area contributed by atoms with Gasteiger partial charge in [0, 0.05) is 30.9 Å². The molecule has 0 bridgehead atoms. The van der Waals surface area contributed by atoms with Gasteiger partial charge in [0.15, 0.2) is 5.76 Å². The third-order valence-corrected chi connectivity index (χ3v) is 5.83. The zero-order chi connectivity index (χ0) is 26.3. The quantitative estimate of drug-likeness (QED) is 0.210. The van der Waals surface area contributed by atoms with Crippen molar-refractivity contribution in [2.24, 2.45) is 0 Å². The number of furan rings is 1. The number of aliphatic carboxylic acids is 1. The van der Waals surface area contributed by atoms with Crippen LogP contribution in [-0.2, 0) is 16.1 Å². The number of nitrogens with one attached hydrogen (secondary N) is 3. The maximum atomic E-state index is 12.8. The lowest BCUT2D eigenvalue weighted by atomic mass is 10.1. The van der Waals surface area contributed by atoms with Crippen molar-refractivity contribution in [3.8, 4) is 0 Å². The highest BCUT2D eigenvalue weighted by Crippen LogP contribution is 2.18. The second kappa shape index (κ2) is 15.3. The van der Waals surface area contributed by atoms with E-state index in [9.17, 15) is 14.4 Å². The highest BCUT2D eigenvalue weighted by Gasteiger charge is 2.17. The average molecular weight is 510 g/mol. The van der Waals surface area contributed by atoms with E-state index >= 15 is 0 Å². The normalized spacial score (nSPS) is 11.7. The van der Waals surface area contributed by atoms with E-state index in [-0.39, 0.29) is 30.7 Å². The van der Waals surface area contributed by atoms with Gasteiger partial charge in [0.05, 0.1) is 0 Å². The molecule has 0 aliphatic heterocycles. The predicted molar refractivity (Wildman–Crippen MR) is 140 cm³/mol. The molecule has 0 saturated heterocycles. The first kappa shape index (κ1) is 27.7.